The molecule has 13 nitrogen and oxygen atoms in total. The molecule has 0 aliphatic carbocycles. The van der Waals surface area contributed by atoms with Gasteiger partial charge in [0.2, 0.25) is 11.8 Å². The van der Waals surface area contributed by atoms with E-state index in [-0.39, 0.29) is 17.7 Å². The summed E-state index contributed by atoms with van der Waals surface area (Å²) >= 11 is 9.70. The topological polar surface area (TPSA) is 207 Å². The van der Waals surface area contributed by atoms with Crippen molar-refractivity contribution in [3.05, 3.63) is 99.9 Å². The van der Waals surface area contributed by atoms with Gasteiger partial charge < -0.3 is 25.4 Å². The molecule has 0 fully saturated rings. The molecule has 6 N–H and O–H groups in total. The van der Waals surface area contributed by atoms with Gasteiger partial charge in [-0.05, 0) is 102 Å². The van der Waals surface area contributed by atoms with Crippen LogP contribution < -0.4 is 9.61 Å². The Kier molecular flexibility index (Phi) is 23.1. The van der Waals surface area contributed by atoms with E-state index in [1.807, 2.05) is 7.05 Å². The number of azide groups is 1. The summed E-state index contributed by atoms with van der Waals surface area (Å²) in [5, 5.41) is 31.7. The Morgan fingerprint density at radius 3 is 1.93 bits per heavy atom. The zero-order valence-corrected chi connectivity index (χ0v) is 30.9. The highest BCUT2D eigenvalue weighted by Crippen LogP contribution is 2.54. The van der Waals surface area contributed by atoms with Gasteiger partial charge in [0, 0.05) is 18.6 Å². The molecule has 3 rings (SSSR count). The number of nitrogens with zero attached hydrogens (tertiary/aromatic N) is 5. The van der Waals surface area contributed by atoms with Crippen molar-refractivity contribution in [3.63, 3.8) is 0 Å². The number of aromatic hydroxyl groups is 2. The number of hydrazone groups is 1. The average molecular weight is 753 g/mol. The van der Waals surface area contributed by atoms with Crippen molar-refractivity contribution in [2.75, 3.05) is 14.1 Å². The van der Waals surface area contributed by atoms with Crippen molar-refractivity contribution in [1.82, 2.24) is 9.87 Å². The van der Waals surface area contributed by atoms with Gasteiger partial charge in [-0.1, -0.05) is 21.8 Å². The molecule has 0 aliphatic rings. The van der Waals surface area contributed by atoms with Crippen LogP contribution in [-0.2, 0) is 34.3 Å². The van der Waals surface area contributed by atoms with Gasteiger partial charge in [0.15, 0.2) is 5.75 Å². The third kappa shape index (κ3) is 22.5. The Balaban J connectivity index is 0.000000788. The first-order chi connectivity index (χ1) is 20.7. The number of phenols is 2. The predicted molar refractivity (Wildman–Crippen MR) is 195 cm³/mol. The molecule has 0 radical (unpaired) electrons. The van der Waals surface area contributed by atoms with Crippen molar-refractivity contribution in [2.45, 2.75) is 6.16 Å². The summed E-state index contributed by atoms with van der Waals surface area (Å²) in [6.45, 7) is 0. The third-order valence-electron chi connectivity index (χ3n) is 4.29. The van der Waals surface area contributed by atoms with Crippen LogP contribution in [0.5, 0.6) is 17.2 Å². The third-order valence-corrected chi connectivity index (χ3v) is 8.58. The molecule has 3 aromatic rings. The van der Waals surface area contributed by atoms with E-state index >= 15 is 0 Å². The van der Waals surface area contributed by atoms with Crippen molar-refractivity contribution in [2.24, 2.45) is 9.99 Å². The molecule has 0 bridgehead atoms. The Bertz CT molecular complexity index is 1430. The fourth-order valence-electron chi connectivity index (χ4n) is 2.41. The monoisotopic (exact) mass is 752 g/mol. The molecular formula is C23H32N7O6P6S2+. The maximum Gasteiger partial charge on any atom is 0.540 e. The number of hydrogen-bond donors (Lipinski definition) is 6. The summed E-state index contributed by atoms with van der Waals surface area (Å²) in [6.07, 6.45) is 2.53. The fourth-order valence-corrected chi connectivity index (χ4v) is 4.41. The molecule has 0 aliphatic heterocycles. The van der Waals surface area contributed by atoms with E-state index in [1.165, 1.54) is 11.0 Å². The largest absolute Gasteiger partial charge is 0.540 e. The maximum absolute atomic E-state index is 11.0. The molecule has 44 heavy (non-hydrogen) atoms. The normalized spacial score (nSPS) is 10.6. The molecule has 21 heteroatoms. The first kappa shape index (κ1) is 42.0. The highest BCUT2D eigenvalue weighted by Gasteiger charge is 2.21. The zero-order chi connectivity index (χ0) is 33.5. The fraction of sp³-hybridized carbons (Fsp3) is 0.130. The Morgan fingerprint density at radius 1 is 1.09 bits per heavy atom. The molecule has 0 spiro atoms. The summed E-state index contributed by atoms with van der Waals surface area (Å²) < 4.78 is 18.1. The van der Waals surface area contributed by atoms with E-state index < -0.39 is 22.1 Å². The van der Waals surface area contributed by atoms with Crippen LogP contribution in [0.1, 0.15) is 16.7 Å². The lowest BCUT2D eigenvalue weighted by atomic mass is 10.2. The van der Waals surface area contributed by atoms with Gasteiger partial charge in [-0.3, -0.25) is 14.2 Å². The summed E-state index contributed by atoms with van der Waals surface area (Å²) in [5.41, 5.74) is 9.81. The molecule has 3 atom stereocenters. The van der Waals surface area contributed by atoms with Gasteiger partial charge in [0.05, 0.1) is 26.9 Å². The molecule has 0 aromatic heterocycles. The second kappa shape index (κ2) is 24.2. The lowest BCUT2D eigenvalue weighted by Gasteiger charge is -2.05. The van der Waals surface area contributed by atoms with Crippen LogP contribution in [0.15, 0.2) is 82.8 Å². The van der Waals surface area contributed by atoms with Crippen molar-refractivity contribution in [3.8, 4) is 17.2 Å². The summed E-state index contributed by atoms with van der Waals surface area (Å²) in [6, 6.07) is 19.5. The molecule has 3 unspecified atom stereocenters. The second-order valence-corrected chi connectivity index (χ2v) is 18.6. The van der Waals surface area contributed by atoms with Crippen LogP contribution in [0.2, 0.25) is 0 Å². The van der Waals surface area contributed by atoms with E-state index in [4.69, 9.17) is 42.2 Å². The van der Waals surface area contributed by atoms with Crippen LogP contribution in [-0.4, -0.2) is 51.3 Å². The van der Waals surface area contributed by atoms with E-state index in [0.717, 1.165) is 18.6 Å². The van der Waals surface area contributed by atoms with Crippen LogP contribution in [0, 0.1) is 5.41 Å². The van der Waals surface area contributed by atoms with E-state index in [1.54, 1.807) is 86.1 Å². The highest BCUT2D eigenvalue weighted by molar-refractivity contribution is 8.42. The van der Waals surface area contributed by atoms with E-state index in [9.17, 15) is 9.67 Å². The predicted octanol–water partition coefficient (Wildman–Crippen LogP) is 7.38. The second-order valence-electron chi connectivity index (χ2n) is 7.73. The van der Waals surface area contributed by atoms with Gasteiger partial charge in [-0.15, -0.1) is 23.0 Å². The highest BCUT2D eigenvalue weighted by atomic mass is 32.4. The van der Waals surface area contributed by atoms with Gasteiger partial charge in [-0.2, -0.15) is 0 Å². The average Bonchev–Trinajstić information content (AvgIpc) is 2.98. The zero-order valence-electron chi connectivity index (χ0n) is 23.4. The smallest absolute Gasteiger partial charge is 0.508 e. The van der Waals surface area contributed by atoms with Gasteiger partial charge in [0.25, 0.3) is 0 Å². The van der Waals surface area contributed by atoms with Gasteiger partial charge in [0.1, 0.15) is 11.5 Å². The van der Waals surface area contributed by atoms with Crippen LogP contribution in [0.25, 0.3) is 10.4 Å². The first-order valence-corrected chi connectivity index (χ1v) is 22.2. The minimum Gasteiger partial charge on any atom is -0.508 e. The summed E-state index contributed by atoms with van der Waals surface area (Å²) in [7, 11) is 3.02. The lowest BCUT2D eigenvalue weighted by Crippen LogP contribution is -2.03. The lowest BCUT2D eigenvalue weighted by molar-refractivity contribution is 0.371. The quantitative estimate of drug-likeness (QED) is 0.0302. The molecule has 0 amide bonds. The van der Waals surface area contributed by atoms with Crippen molar-refractivity contribution in [1.29, 1.82) is 5.41 Å². The standard InChI is InChI=1S/C15H16N2O5P2S.C7H7NO.CH4NPS.H4N3P3/c1-17(16-10-12-2-6-14(18)7-3-12)23(25)22-15-8-4-13(5-9-15)11-24(19,20)21;8-5-6-1-3-7(9)4-2-6;1-2-3-4;1-2-3-6(4)5/h2-10H,11H2,1H3,(H2-,16,18,19,20,21);1-5,8-9H;1H3,(H,2,4);4-5H2/p+1. The van der Waals surface area contributed by atoms with Crippen LogP contribution >= 0.6 is 47.5 Å². The van der Waals surface area contributed by atoms with Crippen molar-refractivity contribution >= 4 is 83.5 Å². The van der Waals surface area contributed by atoms with Gasteiger partial charge in [-0.25, -0.2) is 0 Å². The number of nitrogens with one attached hydrogen (secondary N) is 2. The minimum atomic E-state index is -4.09. The molecule has 236 valence electrons. The maximum atomic E-state index is 11.0. The SMILES string of the molecule is CN(/N=C/c1ccc(O)cc1)[P+](=S)Oc1ccc(CP(=O)(O)O)cc1.CNP=S.N=Cc1ccc(O)cc1.[N-]=[N+]=NP(P)P. The van der Waals surface area contributed by atoms with Crippen LogP contribution in [0.3, 0.4) is 0 Å². The van der Waals surface area contributed by atoms with Crippen LogP contribution in [0.4, 0.5) is 0 Å². The summed E-state index contributed by atoms with van der Waals surface area (Å²) in [4.78, 5) is 23.8. The van der Waals surface area contributed by atoms with Gasteiger partial charge >= 0.3 is 14.7 Å². The number of rotatable bonds is 10. The molecule has 0 heterocycles. The Morgan fingerprint density at radius 2 is 1.57 bits per heavy atom. The molecule has 3 aromatic carbocycles. The molecule has 0 saturated heterocycles. The summed E-state index contributed by atoms with van der Waals surface area (Å²) in [5.74, 6) is 0.921. The molecular weight excluding hydrogens is 720 g/mol. The number of phenolic OH excluding ortho intramolecular Hbond substituents is 2. The number of hydrogen-bond acceptors (Lipinski definition) is 9. The van der Waals surface area contributed by atoms with Crippen molar-refractivity contribution < 1.29 is 29.1 Å². The molecule has 0 saturated carbocycles. The first-order valence-electron chi connectivity index (χ1n) is 11.7. The van der Waals surface area contributed by atoms with E-state index in [2.05, 4.69) is 49.6 Å². The Hall–Kier alpha value is -2.05. The Labute approximate surface area is 274 Å². The number of benzene rings is 3. The van der Waals surface area contributed by atoms with E-state index in [0.29, 0.717) is 11.3 Å². The minimum absolute atomic E-state index is 0.182.